The molecule has 3 rings (SSSR count). The second-order valence-electron chi connectivity index (χ2n) is 6.88. The molecule has 0 spiro atoms. The number of nitrogens with zero attached hydrogens (tertiary/aromatic N) is 1. The minimum absolute atomic E-state index is 0.100. The topological polar surface area (TPSA) is 84.9 Å². The molecule has 0 saturated heterocycles. The van der Waals surface area contributed by atoms with Crippen molar-refractivity contribution >= 4 is 21.6 Å². The standard InChI is InChI=1S/C23H24N2O5S/c1-17-15-21(13-14-22(17)29-3)31(27,28)25(2)16-23(26)24-18-9-11-20(12-10-18)30-19-7-5-4-6-8-19/h4-15H,16H2,1-3H3,(H,24,26). The Balaban J connectivity index is 1.61. The van der Waals surface area contributed by atoms with Crippen molar-refractivity contribution in [2.75, 3.05) is 26.0 Å². The van der Waals surface area contributed by atoms with E-state index >= 15 is 0 Å². The number of amides is 1. The Morgan fingerprint density at radius 1 is 0.968 bits per heavy atom. The molecule has 162 valence electrons. The summed E-state index contributed by atoms with van der Waals surface area (Å²) in [4.78, 5) is 12.5. The number of hydrogen-bond acceptors (Lipinski definition) is 5. The SMILES string of the molecule is COc1ccc(S(=O)(=O)N(C)CC(=O)Nc2ccc(Oc3ccccc3)cc2)cc1C. The largest absolute Gasteiger partial charge is 0.496 e. The van der Waals surface area contributed by atoms with Crippen LogP contribution in [0.15, 0.2) is 77.7 Å². The smallest absolute Gasteiger partial charge is 0.243 e. The van der Waals surface area contributed by atoms with Gasteiger partial charge in [-0.25, -0.2) is 8.42 Å². The molecule has 0 saturated carbocycles. The maximum absolute atomic E-state index is 12.8. The number of rotatable bonds is 8. The first-order valence-electron chi connectivity index (χ1n) is 9.53. The fraction of sp³-hybridized carbons (Fsp3) is 0.174. The molecule has 8 heteroatoms. The molecule has 0 heterocycles. The molecule has 1 N–H and O–H groups in total. The van der Waals surface area contributed by atoms with Crippen LogP contribution in [0.4, 0.5) is 5.69 Å². The number of methoxy groups -OCH3 is 1. The highest BCUT2D eigenvalue weighted by atomic mass is 32.2. The van der Waals surface area contributed by atoms with E-state index in [1.807, 2.05) is 30.3 Å². The highest BCUT2D eigenvalue weighted by Gasteiger charge is 2.23. The number of hydrogen-bond donors (Lipinski definition) is 1. The highest BCUT2D eigenvalue weighted by molar-refractivity contribution is 7.89. The summed E-state index contributed by atoms with van der Waals surface area (Å²) in [5.74, 6) is 1.48. The van der Waals surface area contributed by atoms with Gasteiger partial charge in [-0.05, 0) is 67.1 Å². The summed E-state index contributed by atoms with van der Waals surface area (Å²) in [6, 6.07) is 20.8. The summed E-state index contributed by atoms with van der Waals surface area (Å²) >= 11 is 0. The van der Waals surface area contributed by atoms with E-state index in [1.165, 1.54) is 26.3 Å². The molecule has 0 aromatic heterocycles. The van der Waals surface area contributed by atoms with E-state index in [0.29, 0.717) is 28.5 Å². The molecule has 0 fully saturated rings. The molecule has 0 atom stereocenters. The van der Waals surface area contributed by atoms with E-state index in [4.69, 9.17) is 9.47 Å². The van der Waals surface area contributed by atoms with Crippen molar-refractivity contribution in [2.24, 2.45) is 0 Å². The predicted octanol–water partition coefficient (Wildman–Crippen LogP) is 4.06. The zero-order valence-electron chi connectivity index (χ0n) is 17.5. The Morgan fingerprint density at radius 3 is 2.23 bits per heavy atom. The van der Waals surface area contributed by atoms with Crippen molar-refractivity contribution < 1.29 is 22.7 Å². The van der Waals surface area contributed by atoms with Crippen molar-refractivity contribution in [1.29, 1.82) is 0 Å². The van der Waals surface area contributed by atoms with Gasteiger partial charge in [0.1, 0.15) is 17.2 Å². The summed E-state index contributed by atoms with van der Waals surface area (Å²) in [6.45, 7) is 1.44. The van der Waals surface area contributed by atoms with Gasteiger partial charge in [0, 0.05) is 12.7 Å². The maximum Gasteiger partial charge on any atom is 0.243 e. The van der Waals surface area contributed by atoms with Crippen LogP contribution in [-0.2, 0) is 14.8 Å². The van der Waals surface area contributed by atoms with Crippen LogP contribution in [0.5, 0.6) is 17.2 Å². The molecule has 1 amide bonds. The van der Waals surface area contributed by atoms with Crippen molar-refractivity contribution in [3.05, 3.63) is 78.4 Å². The van der Waals surface area contributed by atoms with Crippen molar-refractivity contribution in [3.8, 4) is 17.2 Å². The van der Waals surface area contributed by atoms with E-state index in [0.717, 1.165) is 4.31 Å². The van der Waals surface area contributed by atoms with Crippen molar-refractivity contribution in [2.45, 2.75) is 11.8 Å². The Kier molecular flexibility index (Phi) is 6.94. The van der Waals surface area contributed by atoms with Gasteiger partial charge in [-0.1, -0.05) is 18.2 Å². The van der Waals surface area contributed by atoms with Gasteiger partial charge < -0.3 is 14.8 Å². The number of benzene rings is 3. The third kappa shape index (κ3) is 5.62. The molecule has 3 aromatic carbocycles. The first-order valence-corrected chi connectivity index (χ1v) is 11.0. The number of aryl methyl sites for hydroxylation is 1. The van der Waals surface area contributed by atoms with E-state index in [-0.39, 0.29) is 11.4 Å². The molecule has 0 radical (unpaired) electrons. The normalized spacial score (nSPS) is 11.2. The van der Waals surface area contributed by atoms with Gasteiger partial charge in [-0.15, -0.1) is 0 Å². The van der Waals surface area contributed by atoms with Crippen molar-refractivity contribution in [3.63, 3.8) is 0 Å². The molecule has 7 nitrogen and oxygen atoms in total. The lowest BCUT2D eigenvalue weighted by Crippen LogP contribution is -2.35. The number of carbonyl (C=O) groups is 1. The van der Waals surface area contributed by atoms with E-state index in [9.17, 15) is 13.2 Å². The van der Waals surface area contributed by atoms with Crippen LogP contribution in [0.2, 0.25) is 0 Å². The summed E-state index contributed by atoms with van der Waals surface area (Å²) in [5, 5.41) is 2.70. The number of carbonyl (C=O) groups excluding carboxylic acids is 1. The van der Waals surface area contributed by atoms with Gasteiger partial charge in [-0.3, -0.25) is 4.79 Å². The van der Waals surface area contributed by atoms with Crippen LogP contribution >= 0.6 is 0 Å². The van der Waals surface area contributed by atoms with E-state index < -0.39 is 15.9 Å². The average molecular weight is 441 g/mol. The average Bonchev–Trinajstić information content (AvgIpc) is 2.75. The lowest BCUT2D eigenvalue weighted by atomic mass is 10.2. The number of likely N-dealkylation sites (N-methyl/N-ethyl adjacent to an activating group) is 1. The second-order valence-corrected chi connectivity index (χ2v) is 8.93. The zero-order valence-corrected chi connectivity index (χ0v) is 18.3. The van der Waals surface area contributed by atoms with Crippen LogP contribution < -0.4 is 14.8 Å². The molecular formula is C23H24N2O5S. The number of ether oxygens (including phenoxy) is 2. The molecule has 0 aliphatic carbocycles. The van der Waals surface area contributed by atoms with Crippen LogP contribution in [0, 0.1) is 6.92 Å². The minimum Gasteiger partial charge on any atom is -0.496 e. The van der Waals surface area contributed by atoms with Gasteiger partial charge >= 0.3 is 0 Å². The van der Waals surface area contributed by atoms with Crippen LogP contribution in [-0.4, -0.2) is 39.3 Å². The lowest BCUT2D eigenvalue weighted by molar-refractivity contribution is -0.116. The third-order valence-electron chi connectivity index (χ3n) is 4.56. The Labute approximate surface area is 182 Å². The van der Waals surface area contributed by atoms with Crippen LogP contribution in [0.25, 0.3) is 0 Å². The summed E-state index contributed by atoms with van der Waals surface area (Å²) in [7, 11) is -0.931. The monoisotopic (exact) mass is 440 g/mol. The molecule has 0 aliphatic heterocycles. The Hall–Kier alpha value is -3.36. The molecule has 0 aliphatic rings. The van der Waals surface area contributed by atoms with Gasteiger partial charge in [0.05, 0.1) is 18.6 Å². The molecule has 3 aromatic rings. The Bertz CT molecular complexity index is 1150. The van der Waals surface area contributed by atoms with Crippen LogP contribution in [0.1, 0.15) is 5.56 Å². The highest BCUT2D eigenvalue weighted by Crippen LogP contribution is 2.24. The third-order valence-corrected chi connectivity index (χ3v) is 6.36. The summed E-state index contributed by atoms with van der Waals surface area (Å²) in [6.07, 6.45) is 0. The van der Waals surface area contributed by atoms with Gasteiger partial charge in [0.15, 0.2) is 0 Å². The van der Waals surface area contributed by atoms with Crippen LogP contribution in [0.3, 0.4) is 0 Å². The first kappa shape index (κ1) is 22.3. The number of para-hydroxylation sites is 1. The zero-order chi connectivity index (χ0) is 22.4. The lowest BCUT2D eigenvalue weighted by Gasteiger charge is -2.18. The van der Waals surface area contributed by atoms with Gasteiger partial charge in [0.2, 0.25) is 15.9 Å². The van der Waals surface area contributed by atoms with Gasteiger partial charge in [-0.2, -0.15) is 4.31 Å². The number of anilines is 1. The Morgan fingerprint density at radius 2 is 1.61 bits per heavy atom. The molecule has 0 bridgehead atoms. The maximum atomic E-state index is 12.8. The summed E-state index contributed by atoms with van der Waals surface area (Å²) < 4.78 is 37.4. The molecular weight excluding hydrogens is 416 g/mol. The predicted molar refractivity (Wildman–Crippen MR) is 119 cm³/mol. The van der Waals surface area contributed by atoms with E-state index in [2.05, 4.69) is 5.32 Å². The fourth-order valence-corrected chi connectivity index (χ4v) is 4.12. The first-order chi connectivity index (χ1) is 14.8. The van der Waals surface area contributed by atoms with Gasteiger partial charge in [0.25, 0.3) is 0 Å². The minimum atomic E-state index is -3.82. The number of nitrogens with one attached hydrogen (secondary N) is 1. The second kappa shape index (κ2) is 9.63. The quantitative estimate of drug-likeness (QED) is 0.571. The number of sulfonamides is 1. The van der Waals surface area contributed by atoms with Crippen molar-refractivity contribution in [1.82, 2.24) is 4.31 Å². The molecule has 31 heavy (non-hydrogen) atoms. The summed E-state index contributed by atoms with van der Waals surface area (Å²) in [5.41, 5.74) is 1.23. The fourth-order valence-electron chi connectivity index (χ4n) is 2.91. The van der Waals surface area contributed by atoms with E-state index in [1.54, 1.807) is 37.3 Å². The molecule has 0 unspecified atom stereocenters.